The van der Waals surface area contributed by atoms with Gasteiger partial charge in [-0.2, -0.15) is 0 Å². The van der Waals surface area contributed by atoms with Crippen LogP contribution in [0, 0.1) is 5.41 Å². The van der Waals surface area contributed by atoms with Gasteiger partial charge >= 0.3 is 0 Å². The van der Waals surface area contributed by atoms with Gasteiger partial charge in [0.25, 0.3) is 0 Å². The van der Waals surface area contributed by atoms with Gasteiger partial charge in [0.15, 0.2) is 0 Å². The van der Waals surface area contributed by atoms with Gasteiger partial charge in [-0.3, -0.25) is 0 Å². The highest BCUT2D eigenvalue weighted by Gasteiger charge is 2.23. The SMILES string of the molecule is CC1=C(N)CC(C)(C)CC1. The van der Waals surface area contributed by atoms with E-state index in [9.17, 15) is 0 Å². The second-order valence-electron chi connectivity index (χ2n) is 4.15. The highest BCUT2D eigenvalue weighted by molar-refractivity contribution is 5.14. The van der Waals surface area contributed by atoms with E-state index in [0.717, 1.165) is 12.1 Å². The van der Waals surface area contributed by atoms with E-state index in [0.29, 0.717) is 5.41 Å². The Hall–Kier alpha value is -0.460. The van der Waals surface area contributed by atoms with Crippen LogP contribution >= 0.6 is 0 Å². The maximum atomic E-state index is 5.83. The summed E-state index contributed by atoms with van der Waals surface area (Å²) in [6, 6.07) is 0. The fourth-order valence-corrected chi connectivity index (χ4v) is 1.44. The van der Waals surface area contributed by atoms with Crippen LogP contribution in [0.2, 0.25) is 0 Å². The molecule has 1 nitrogen and oxygen atoms in total. The Kier molecular flexibility index (Phi) is 1.76. The smallest absolute Gasteiger partial charge is 0.00749 e. The van der Waals surface area contributed by atoms with Crippen LogP contribution in [0.5, 0.6) is 0 Å². The van der Waals surface area contributed by atoms with Gasteiger partial charge in [0, 0.05) is 5.70 Å². The average molecular weight is 139 g/mol. The number of hydrogen-bond donors (Lipinski definition) is 1. The molecule has 0 amide bonds. The topological polar surface area (TPSA) is 26.0 Å². The van der Waals surface area contributed by atoms with E-state index in [4.69, 9.17) is 5.73 Å². The maximum Gasteiger partial charge on any atom is 0.00749 e. The monoisotopic (exact) mass is 139 g/mol. The van der Waals surface area contributed by atoms with Crippen molar-refractivity contribution in [2.75, 3.05) is 0 Å². The molecule has 0 fully saturated rings. The summed E-state index contributed by atoms with van der Waals surface area (Å²) in [6.07, 6.45) is 3.57. The molecule has 0 saturated heterocycles. The standard InChI is InChI=1S/C9H17N/c1-7-4-5-9(2,3)6-8(7)10/h4-6,10H2,1-3H3. The zero-order valence-electron chi connectivity index (χ0n) is 7.20. The Labute approximate surface area is 63.3 Å². The van der Waals surface area contributed by atoms with Crippen LogP contribution in [0.4, 0.5) is 0 Å². The molecule has 0 spiro atoms. The van der Waals surface area contributed by atoms with Crippen LogP contribution in [-0.4, -0.2) is 0 Å². The Morgan fingerprint density at radius 3 is 2.40 bits per heavy atom. The second-order valence-corrected chi connectivity index (χ2v) is 4.15. The largest absolute Gasteiger partial charge is 0.402 e. The Bertz CT molecular complexity index is 166. The molecular weight excluding hydrogens is 122 g/mol. The quantitative estimate of drug-likeness (QED) is 0.548. The van der Waals surface area contributed by atoms with Gasteiger partial charge in [0.1, 0.15) is 0 Å². The molecule has 0 bridgehead atoms. The van der Waals surface area contributed by atoms with Gasteiger partial charge in [-0.25, -0.2) is 0 Å². The summed E-state index contributed by atoms with van der Waals surface area (Å²) in [5, 5.41) is 0. The zero-order chi connectivity index (χ0) is 7.78. The van der Waals surface area contributed by atoms with Crippen LogP contribution in [0.1, 0.15) is 40.0 Å². The predicted molar refractivity (Wildman–Crippen MR) is 44.5 cm³/mol. The minimum atomic E-state index is 0.448. The summed E-state index contributed by atoms with van der Waals surface area (Å²) in [5.41, 5.74) is 8.81. The van der Waals surface area contributed by atoms with Gasteiger partial charge in [0.05, 0.1) is 0 Å². The minimum Gasteiger partial charge on any atom is -0.402 e. The van der Waals surface area contributed by atoms with Gasteiger partial charge in [-0.05, 0) is 31.6 Å². The van der Waals surface area contributed by atoms with E-state index in [-0.39, 0.29) is 0 Å². The summed E-state index contributed by atoms with van der Waals surface area (Å²) in [4.78, 5) is 0. The van der Waals surface area contributed by atoms with Crippen LogP contribution in [-0.2, 0) is 0 Å². The molecular formula is C9H17N. The summed E-state index contributed by atoms with van der Waals surface area (Å²) < 4.78 is 0. The lowest BCUT2D eigenvalue weighted by Crippen LogP contribution is -2.21. The van der Waals surface area contributed by atoms with Crippen LogP contribution in [0.3, 0.4) is 0 Å². The second kappa shape index (κ2) is 2.30. The molecule has 1 aliphatic rings. The van der Waals surface area contributed by atoms with E-state index in [2.05, 4.69) is 20.8 Å². The van der Waals surface area contributed by atoms with E-state index >= 15 is 0 Å². The van der Waals surface area contributed by atoms with Crippen molar-refractivity contribution in [3.8, 4) is 0 Å². The molecule has 0 unspecified atom stereocenters. The van der Waals surface area contributed by atoms with Gasteiger partial charge in [0.2, 0.25) is 0 Å². The first-order valence-corrected chi connectivity index (χ1v) is 3.95. The van der Waals surface area contributed by atoms with Crippen molar-refractivity contribution in [1.29, 1.82) is 0 Å². The highest BCUT2D eigenvalue weighted by Crippen LogP contribution is 2.36. The predicted octanol–water partition coefficient (Wildman–Crippen LogP) is 2.43. The lowest BCUT2D eigenvalue weighted by Gasteiger charge is -2.30. The van der Waals surface area contributed by atoms with Crippen LogP contribution in [0.25, 0.3) is 0 Å². The first kappa shape index (κ1) is 7.64. The van der Waals surface area contributed by atoms with Crippen molar-refractivity contribution in [2.24, 2.45) is 11.1 Å². The van der Waals surface area contributed by atoms with E-state index in [1.165, 1.54) is 18.4 Å². The summed E-state index contributed by atoms with van der Waals surface area (Å²) in [6.45, 7) is 6.71. The summed E-state index contributed by atoms with van der Waals surface area (Å²) in [7, 11) is 0. The molecule has 0 aromatic heterocycles. The molecule has 0 aliphatic heterocycles. The van der Waals surface area contributed by atoms with Gasteiger partial charge < -0.3 is 5.73 Å². The molecule has 58 valence electrons. The van der Waals surface area contributed by atoms with Crippen LogP contribution < -0.4 is 5.73 Å². The van der Waals surface area contributed by atoms with Crippen molar-refractivity contribution in [1.82, 2.24) is 0 Å². The van der Waals surface area contributed by atoms with Crippen molar-refractivity contribution in [3.05, 3.63) is 11.3 Å². The minimum absolute atomic E-state index is 0.448. The fraction of sp³-hybridized carbons (Fsp3) is 0.778. The molecule has 1 aliphatic carbocycles. The van der Waals surface area contributed by atoms with Crippen molar-refractivity contribution in [3.63, 3.8) is 0 Å². The lowest BCUT2D eigenvalue weighted by atomic mass is 9.77. The Morgan fingerprint density at radius 2 is 2.00 bits per heavy atom. The third kappa shape index (κ3) is 1.53. The number of allylic oxidation sites excluding steroid dienone is 2. The van der Waals surface area contributed by atoms with E-state index < -0.39 is 0 Å². The van der Waals surface area contributed by atoms with E-state index in [1.54, 1.807) is 0 Å². The lowest BCUT2D eigenvalue weighted by molar-refractivity contribution is 0.312. The zero-order valence-corrected chi connectivity index (χ0v) is 7.20. The molecule has 0 atom stereocenters. The van der Waals surface area contributed by atoms with Crippen molar-refractivity contribution >= 4 is 0 Å². The number of nitrogens with two attached hydrogens (primary N) is 1. The Morgan fingerprint density at radius 1 is 1.40 bits per heavy atom. The van der Waals surface area contributed by atoms with Gasteiger partial charge in [-0.1, -0.05) is 19.4 Å². The first-order chi connectivity index (χ1) is 4.51. The van der Waals surface area contributed by atoms with Crippen molar-refractivity contribution < 1.29 is 0 Å². The molecule has 0 aromatic rings. The maximum absolute atomic E-state index is 5.83. The molecule has 1 heteroatoms. The molecule has 0 radical (unpaired) electrons. The molecule has 2 N–H and O–H groups in total. The Balaban J connectivity index is 2.72. The highest BCUT2D eigenvalue weighted by atomic mass is 14.6. The van der Waals surface area contributed by atoms with E-state index in [1.807, 2.05) is 0 Å². The van der Waals surface area contributed by atoms with Crippen LogP contribution in [0.15, 0.2) is 11.3 Å². The van der Waals surface area contributed by atoms with Gasteiger partial charge in [-0.15, -0.1) is 0 Å². The molecule has 1 rings (SSSR count). The van der Waals surface area contributed by atoms with Crippen molar-refractivity contribution in [2.45, 2.75) is 40.0 Å². The molecule has 0 saturated carbocycles. The third-order valence-electron chi connectivity index (χ3n) is 2.39. The number of hydrogen-bond acceptors (Lipinski definition) is 1. The third-order valence-corrected chi connectivity index (χ3v) is 2.39. The fourth-order valence-electron chi connectivity index (χ4n) is 1.44. The summed E-state index contributed by atoms with van der Waals surface area (Å²) >= 11 is 0. The molecule has 0 heterocycles. The summed E-state index contributed by atoms with van der Waals surface area (Å²) in [5.74, 6) is 0. The average Bonchev–Trinajstić information content (AvgIpc) is 1.79. The first-order valence-electron chi connectivity index (χ1n) is 3.95. The molecule has 10 heavy (non-hydrogen) atoms. The number of rotatable bonds is 0. The normalized spacial score (nSPS) is 25.1. The molecule has 0 aromatic carbocycles.